The minimum absolute atomic E-state index is 0.0637. The van der Waals surface area contributed by atoms with E-state index >= 15 is 0 Å². The van der Waals surface area contributed by atoms with E-state index in [1.807, 2.05) is 18.4 Å². The fraction of sp³-hybridized carbons (Fsp3) is 0.462. The first-order valence-corrected chi connectivity index (χ1v) is 7.38. The number of hydrogen-bond acceptors (Lipinski definition) is 6. The Morgan fingerprint density at radius 3 is 3.15 bits per heavy atom. The van der Waals surface area contributed by atoms with Gasteiger partial charge in [0.05, 0.1) is 11.4 Å². The zero-order valence-corrected chi connectivity index (χ0v) is 11.9. The van der Waals surface area contributed by atoms with Gasteiger partial charge in [-0.1, -0.05) is 18.1 Å². The second kappa shape index (κ2) is 4.99. The molecular weight excluding hydrogens is 278 g/mol. The van der Waals surface area contributed by atoms with Crippen molar-refractivity contribution in [1.82, 2.24) is 15.0 Å². The zero-order chi connectivity index (χ0) is 14.2. The molecule has 0 unspecified atom stereocenters. The molecule has 3 rings (SSSR count). The molecule has 2 aromatic rings. The summed E-state index contributed by atoms with van der Waals surface area (Å²) >= 11 is 1.40. The maximum Gasteiger partial charge on any atom is 0.264 e. The molecule has 106 valence electrons. The molecule has 1 saturated heterocycles. The fourth-order valence-corrected chi connectivity index (χ4v) is 2.98. The van der Waals surface area contributed by atoms with E-state index in [4.69, 9.17) is 4.52 Å². The number of thiophene rings is 1. The highest BCUT2D eigenvalue weighted by Gasteiger charge is 2.44. The normalized spacial score (nSPS) is 22.4. The van der Waals surface area contributed by atoms with Crippen LogP contribution in [0.3, 0.4) is 0 Å². The summed E-state index contributed by atoms with van der Waals surface area (Å²) in [5.74, 6) is 0.707. The van der Waals surface area contributed by atoms with Crippen molar-refractivity contribution in [3.8, 4) is 0 Å². The summed E-state index contributed by atoms with van der Waals surface area (Å²) < 4.78 is 5.11. The number of likely N-dealkylation sites (tertiary alicyclic amines) is 1. The van der Waals surface area contributed by atoms with Gasteiger partial charge < -0.3 is 14.5 Å². The first-order valence-electron chi connectivity index (χ1n) is 6.50. The number of aryl methyl sites for hydroxylation is 1. The van der Waals surface area contributed by atoms with Crippen molar-refractivity contribution in [2.75, 3.05) is 13.1 Å². The Bertz CT molecular complexity index is 610. The molecule has 0 aromatic carbocycles. The van der Waals surface area contributed by atoms with Gasteiger partial charge in [0.1, 0.15) is 0 Å². The van der Waals surface area contributed by atoms with Crippen molar-refractivity contribution in [2.45, 2.75) is 25.4 Å². The highest BCUT2D eigenvalue weighted by atomic mass is 32.1. The standard InChI is InChI=1S/C13H15N3O3S/c1-2-10-14-12(19-15-10)13(18)5-6-16(8-13)11(17)9-4-3-7-20-9/h3-4,7,18H,2,5-6,8H2,1H3/t13-/m0/s1. The van der Waals surface area contributed by atoms with E-state index in [9.17, 15) is 9.90 Å². The van der Waals surface area contributed by atoms with E-state index in [2.05, 4.69) is 10.1 Å². The minimum atomic E-state index is -1.23. The summed E-state index contributed by atoms with van der Waals surface area (Å²) in [4.78, 5) is 18.7. The molecule has 6 nitrogen and oxygen atoms in total. The second-order valence-corrected chi connectivity index (χ2v) is 5.80. The van der Waals surface area contributed by atoms with Crippen LogP contribution >= 0.6 is 11.3 Å². The lowest BCUT2D eigenvalue weighted by atomic mass is 10.0. The smallest absolute Gasteiger partial charge is 0.264 e. The van der Waals surface area contributed by atoms with Crippen LogP contribution in [0.4, 0.5) is 0 Å². The number of rotatable bonds is 3. The Morgan fingerprint density at radius 2 is 2.50 bits per heavy atom. The van der Waals surface area contributed by atoms with Crippen LogP contribution in [0, 0.1) is 0 Å². The Kier molecular flexibility index (Phi) is 3.31. The Balaban J connectivity index is 1.77. The van der Waals surface area contributed by atoms with Gasteiger partial charge in [-0.15, -0.1) is 11.3 Å². The molecule has 1 aliphatic rings. The molecule has 0 radical (unpaired) electrons. The number of carbonyl (C=O) groups excluding carboxylic acids is 1. The van der Waals surface area contributed by atoms with Crippen LogP contribution in [0.2, 0.25) is 0 Å². The van der Waals surface area contributed by atoms with Crippen LogP contribution in [-0.4, -0.2) is 39.1 Å². The molecule has 0 saturated carbocycles. The SMILES string of the molecule is CCc1noc([C@]2(O)CCN(C(=O)c3cccs3)C2)n1. The van der Waals surface area contributed by atoms with Crippen LogP contribution in [0.5, 0.6) is 0 Å². The first kappa shape index (κ1) is 13.3. The number of amides is 1. The molecule has 20 heavy (non-hydrogen) atoms. The van der Waals surface area contributed by atoms with E-state index in [0.717, 1.165) is 0 Å². The maximum atomic E-state index is 12.2. The fourth-order valence-electron chi connectivity index (χ4n) is 2.28. The minimum Gasteiger partial charge on any atom is -0.378 e. The van der Waals surface area contributed by atoms with Crippen molar-refractivity contribution in [1.29, 1.82) is 0 Å². The van der Waals surface area contributed by atoms with Crippen LogP contribution < -0.4 is 0 Å². The van der Waals surface area contributed by atoms with Gasteiger partial charge in [-0.2, -0.15) is 4.98 Å². The molecule has 2 aromatic heterocycles. The van der Waals surface area contributed by atoms with E-state index < -0.39 is 5.60 Å². The van der Waals surface area contributed by atoms with Crippen LogP contribution in [0.15, 0.2) is 22.0 Å². The molecule has 1 N–H and O–H groups in total. The first-order chi connectivity index (χ1) is 9.62. The lowest BCUT2D eigenvalue weighted by Gasteiger charge is -2.19. The van der Waals surface area contributed by atoms with E-state index in [0.29, 0.717) is 30.1 Å². The molecular formula is C13H15N3O3S. The van der Waals surface area contributed by atoms with Crippen LogP contribution in [-0.2, 0) is 12.0 Å². The third kappa shape index (κ3) is 2.23. The van der Waals surface area contributed by atoms with Gasteiger partial charge >= 0.3 is 0 Å². The molecule has 0 aliphatic carbocycles. The molecule has 1 amide bonds. The van der Waals surface area contributed by atoms with Gasteiger partial charge in [-0.05, 0) is 11.4 Å². The van der Waals surface area contributed by atoms with Crippen molar-refractivity contribution in [3.05, 3.63) is 34.1 Å². The highest BCUT2D eigenvalue weighted by molar-refractivity contribution is 7.12. The number of β-amino-alcohol motifs (C(OH)–C–C–N with tert-alkyl or cyclic N) is 1. The number of hydrogen-bond donors (Lipinski definition) is 1. The molecule has 1 fully saturated rings. The second-order valence-electron chi connectivity index (χ2n) is 4.85. The number of aromatic nitrogens is 2. The topological polar surface area (TPSA) is 79.5 Å². The average molecular weight is 293 g/mol. The predicted molar refractivity (Wildman–Crippen MR) is 72.4 cm³/mol. The van der Waals surface area contributed by atoms with Gasteiger partial charge in [0.2, 0.25) is 0 Å². The monoisotopic (exact) mass is 293 g/mol. The van der Waals surface area contributed by atoms with Gasteiger partial charge in [-0.3, -0.25) is 4.79 Å². The Labute approximate surface area is 120 Å². The summed E-state index contributed by atoms with van der Waals surface area (Å²) in [6, 6.07) is 3.62. The highest BCUT2D eigenvalue weighted by Crippen LogP contribution is 2.32. The number of nitrogens with zero attached hydrogens (tertiary/aromatic N) is 3. The van der Waals surface area contributed by atoms with Gasteiger partial charge in [0, 0.05) is 19.4 Å². The molecule has 3 heterocycles. The summed E-state index contributed by atoms with van der Waals surface area (Å²) in [6.07, 6.45) is 1.06. The summed E-state index contributed by atoms with van der Waals surface area (Å²) in [5.41, 5.74) is -1.23. The predicted octanol–water partition coefficient (Wildman–Crippen LogP) is 1.43. The largest absolute Gasteiger partial charge is 0.378 e. The zero-order valence-electron chi connectivity index (χ0n) is 11.1. The molecule has 0 spiro atoms. The van der Waals surface area contributed by atoms with Gasteiger partial charge in [0.15, 0.2) is 11.4 Å². The van der Waals surface area contributed by atoms with Crippen molar-refractivity contribution in [2.24, 2.45) is 0 Å². The van der Waals surface area contributed by atoms with Gasteiger partial charge in [-0.25, -0.2) is 0 Å². The molecule has 1 aliphatic heterocycles. The summed E-state index contributed by atoms with van der Waals surface area (Å²) in [7, 11) is 0. The van der Waals surface area contributed by atoms with Crippen molar-refractivity contribution < 1.29 is 14.4 Å². The van der Waals surface area contributed by atoms with Crippen molar-refractivity contribution in [3.63, 3.8) is 0 Å². The number of carbonyl (C=O) groups is 1. The quantitative estimate of drug-likeness (QED) is 0.926. The molecule has 7 heteroatoms. The van der Waals surface area contributed by atoms with E-state index in [-0.39, 0.29) is 18.3 Å². The van der Waals surface area contributed by atoms with Crippen LogP contribution in [0.25, 0.3) is 0 Å². The third-order valence-corrected chi connectivity index (χ3v) is 4.31. The van der Waals surface area contributed by atoms with E-state index in [1.165, 1.54) is 11.3 Å². The molecule has 1 atom stereocenters. The van der Waals surface area contributed by atoms with Crippen LogP contribution in [0.1, 0.15) is 34.7 Å². The van der Waals surface area contributed by atoms with Gasteiger partial charge in [0.25, 0.3) is 11.8 Å². The lowest BCUT2D eigenvalue weighted by molar-refractivity contribution is 0.0137. The summed E-state index contributed by atoms with van der Waals surface area (Å²) in [5, 5.41) is 16.3. The molecule has 0 bridgehead atoms. The summed E-state index contributed by atoms with van der Waals surface area (Å²) in [6.45, 7) is 2.59. The Hall–Kier alpha value is -1.73. The average Bonchev–Trinajstić information content (AvgIpc) is 3.18. The third-order valence-electron chi connectivity index (χ3n) is 3.45. The maximum absolute atomic E-state index is 12.2. The number of aliphatic hydroxyl groups is 1. The van der Waals surface area contributed by atoms with E-state index in [1.54, 1.807) is 11.0 Å². The van der Waals surface area contributed by atoms with Crippen molar-refractivity contribution >= 4 is 17.2 Å². The lowest BCUT2D eigenvalue weighted by Crippen LogP contribution is -2.34. The Morgan fingerprint density at radius 1 is 1.65 bits per heavy atom.